The highest BCUT2D eigenvalue weighted by molar-refractivity contribution is 4.86. The minimum atomic E-state index is -0.0109. The van der Waals surface area contributed by atoms with Gasteiger partial charge < -0.3 is 4.74 Å². The lowest BCUT2D eigenvalue weighted by molar-refractivity contribution is -0.0746. The Morgan fingerprint density at radius 2 is 1.55 bits per heavy atom. The summed E-state index contributed by atoms with van der Waals surface area (Å²) in [6, 6.07) is 0. The summed E-state index contributed by atoms with van der Waals surface area (Å²) < 4.78 is 5.46. The molecule has 0 aliphatic rings. The van der Waals surface area contributed by atoms with Crippen molar-refractivity contribution in [3.63, 3.8) is 0 Å². The van der Waals surface area contributed by atoms with Crippen molar-refractivity contribution in [3.8, 4) is 0 Å². The van der Waals surface area contributed by atoms with E-state index in [-0.39, 0.29) is 11.0 Å². The molecule has 0 aromatic heterocycles. The van der Waals surface area contributed by atoms with E-state index in [1.807, 2.05) is 0 Å². The number of hydrogen-bond donors (Lipinski definition) is 0. The largest absolute Gasteiger partial charge is 0.378 e. The highest BCUT2D eigenvalue weighted by Gasteiger charge is 2.35. The fourth-order valence-electron chi connectivity index (χ4n) is 1.20. The van der Waals surface area contributed by atoms with Crippen LogP contribution in [-0.4, -0.2) is 12.7 Å². The molecular formula is C10H22O. The van der Waals surface area contributed by atoms with Crippen LogP contribution in [0.15, 0.2) is 0 Å². The Hall–Kier alpha value is -0.0400. The molecular weight excluding hydrogens is 136 g/mol. The Balaban J connectivity index is 4.26. The number of hydrogen-bond acceptors (Lipinski definition) is 1. The van der Waals surface area contributed by atoms with E-state index in [1.165, 1.54) is 12.8 Å². The van der Waals surface area contributed by atoms with Crippen molar-refractivity contribution in [2.45, 2.75) is 53.1 Å². The second kappa shape index (κ2) is 3.57. The van der Waals surface area contributed by atoms with Crippen LogP contribution in [0, 0.1) is 5.41 Å². The molecule has 1 nitrogen and oxygen atoms in total. The number of methoxy groups -OCH3 is 1. The van der Waals surface area contributed by atoms with E-state index in [0.29, 0.717) is 0 Å². The Kier molecular flexibility index (Phi) is 3.56. The summed E-state index contributed by atoms with van der Waals surface area (Å²) in [6.45, 7) is 11.1. The third-order valence-corrected chi connectivity index (χ3v) is 3.02. The maximum Gasteiger partial charge on any atom is 0.0673 e. The van der Waals surface area contributed by atoms with Crippen LogP contribution in [0.3, 0.4) is 0 Å². The maximum atomic E-state index is 5.46. The van der Waals surface area contributed by atoms with Gasteiger partial charge in [-0.2, -0.15) is 0 Å². The summed E-state index contributed by atoms with van der Waals surface area (Å²) in [7, 11) is 1.79. The van der Waals surface area contributed by atoms with Gasteiger partial charge in [-0.25, -0.2) is 0 Å². The predicted octanol–water partition coefficient (Wildman–Crippen LogP) is 3.24. The predicted molar refractivity (Wildman–Crippen MR) is 49.8 cm³/mol. The molecule has 0 aliphatic heterocycles. The van der Waals surface area contributed by atoms with Crippen LogP contribution < -0.4 is 0 Å². The molecule has 1 heteroatoms. The summed E-state index contributed by atoms with van der Waals surface area (Å²) in [6.07, 6.45) is 2.44. The van der Waals surface area contributed by atoms with Gasteiger partial charge >= 0.3 is 0 Å². The molecule has 0 bridgehead atoms. The van der Waals surface area contributed by atoms with Crippen molar-refractivity contribution < 1.29 is 4.74 Å². The second-order valence-electron chi connectivity index (χ2n) is 4.35. The molecule has 0 N–H and O–H groups in total. The first-order valence-electron chi connectivity index (χ1n) is 4.42. The molecule has 0 spiro atoms. The summed E-state index contributed by atoms with van der Waals surface area (Å²) in [4.78, 5) is 0. The van der Waals surface area contributed by atoms with Crippen LogP contribution in [0.4, 0.5) is 0 Å². The zero-order chi connectivity index (χ0) is 9.12. The number of rotatable bonds is 4. The normalized spacial score (nSPS) is 13.6. The summed E-state index contributed by atoms with van der Waals surface area (Å²) >= 11 is 0. The molecule has 11 heavy (non-hydrogen) atoms. The monoisotopic (exact) mass is 158 g/mol. The molecule has 0 aliphatic carbocycles. The van der Waals surface area contributed by atoms with E-state index >= 15 is 0 Å². The van der Waals surface area contributed by atoms with Crippen molar-refractivity contribution in [2.75, 3.05) is 7.11 Å². The average molecular weight is 158 g/mol. The van der Waals surface area contributed by atoms with Crippen molar-refractivity contribution in [1.29, 1.82) is 0 Å². The Morgan fingerprint density at radius 1 is 1.09 bits per heavy atom. The van der Waals surface area contributed by atoms with Gasteiger partial charge in [0.05, 0.1) is 5.60 Å². The lowest BCUT2D eigenvalue weighted by Gasteiger charge is -2.40. The highest BCUT2D eigenvalue weighted by atomic mass is 16.5. The zero-order valence-electron chi connectivity index (χ0n) is 8.82. The quantitative estimate of drug-likeness (QED) is 0.610. The average Bonchev–Trinajstić information content (AvgIpc) is 1.87. The molecule has 0 fully saturated rings. The van der Waals surface area contributed by atoms with Gasteiger partial charge in [-0.3, -0.25) is 0 Å². The Bertz CT molecular complexity index is 114. The van der Waals surface area contributed by atoms with Crippen molar-refractivity contribution >= 4 is 0 Å². The third-order valence-electron chi connectivity index (χ3n) is 3.02. The Morgan fingerprint density at radius 3 is 1.82 bits per heavy atom. The summed E-state index contributed by atoms with van der Waals surface area (Å²) in [5.74, 6) is 0. The molecule has 0 heterocycles. The smallest absolute Gasteiger partial charge is 0.0673 e. The molecule has 0 atom stereocenters. The van der Waals surface area contributed by atoms with Gasteiger partial charge in [-0.15, -0.1) is 0 Å². The first-order chi connectivity index (χ1) is 4.87. The van der Waals surface area contributed by atoms with Gasteiger partial charge in [0.15, 0.2) is 0 Å². The van der Waals surface area contributed by atoms with Gasteiger partial charge in [-0.1, -0.05) is 27.2 Å². The van der Waals surface area contributed by atoms with Crippen molar-refractivity contribution in [3.05, 3.63) is 0 Å². The minimum absolute atomic E-state index is 0.0109. The minimum Gasteiger partial charge on any atom is -0.378 e. The maximum absolute atomic E-state index is 5.46. The lowest BCUT2D eigenvalue weighted by atomic mass is 9.74. The first kappa shape index (κ1) is 11.0. The van der Waals surface area contributed by atoms with E-state index in [9.17, 15) is 0 Å². The SMILES string of the molecule is CCCC(C)(C)C(C)(C)OC. The van der Waals surface area contributed by atoms with Crippen LogP contribution in [0.1, 0.15) is 47.5 Å². The lowest BCUT2D eigenvalue weighted by Crippen LogP contribution is -2.40. The standard InChI is InChI=1S/C10H22O/c1-7-8-9(2,3)10(4,5)11-6/h7-8H2,1-6H3. The summed E-state index contributed by atoms with van der Waals surface area (Å²) in [5.41, 5.74) is 0.263. The zero-order valence-corrected chi connectivity index (χ0v) is 8.82. The molecule has 0 saturated carbocycles. The van der Waals surface area contributed by atoms with E-state index < -0.39 is 0 Å². The van der Waals surface area contributed by atoms with Crippen LogP contribution in [0.5, 0.6) is 0 Å². The van der Waals surface area contributed by atoms with Gasteiger partial charge in [-0.05, 0) is 25.7 Å². The van der Waals surface area contributed by atoms with Crippen LogP contribution in [0.25, 0.3) is 0 Å². The van der Waals surface area contributed by atoms with Gasteiger partial charge in [0.25, 0.3) is 0 Å². The Labute approximate surface area is 71.1 Å². The first-order valence-corrected chi connectivity index (χ1v) is 4.42. The van der Waals surface area contributed by atoms with Gasteiger partial charge in [0, 0.05) is 7.11 Å². The molecule has 68 valence electrons. The van der Waals surface area contributed by atoms with E-state index in [0.717, 1.165) is 0 Å². The molecule has 0 saturated heterocycles. The molecule has 0 unspecified atom stereocenters. The fourth-order valence-corrected chi connectivity index (χ4v) is 1.20. The van der Waals surface area contributed by atoms with Crippen molar-refractivity contribution in [2.24, 2.45) is 5.41 Å². The molecule has 0 radical (unpaired) electrons. The number of ether oxygens (including phenoxy) is 1. The van der Waals surface area contributed by atoms with E-state index in [1.54, 1.807) is 7.11 Å². The highest BCUT2D eigenvalue weighted by Crippen LogP contribution is 2.37. The van der Waals surface area contributed by atoms with Gasteiger partial charge in [0.2, 0.25) is 0 Å². The molecule has 0 aromatic rings. The third kappa shape index (κ3) is 2.48. The molecule has 0 rings (SSSR count). The van der Waals surface area contributed by atoms with E-state index in [4.69, 9.17) is 4.74 Å². The molecule has 0 amide bonds. The van der Waals surface area contributed by atoms with Crippen LogP contribution >= 0.6 is 0 Å². The van der Waals surface area contributed by atoms with Gasteiger partial charge in [0.1, 0.15) is 0 Å². The van der Waals surface area contributed by atoms with E-state index in [2.05, 4.69) is 34.6 Å². The molecule has 0 aromatic carbocycles. The summed E-state index contributed by atoms with van der Waals surface area (Å²) in [5, 5.41) is 0. The van der Waals surface area contributed by atoms with Crippen LogP contribution in [0.2, 0.25) is 0 Å². The topological polar surface area (TPSA) is 9.23 Å². The fraction of sp³-hybridized carbons (Fsp3) is 1.00. The van der Waals surface area contributed by atoms with Crippen molar-refractivity contribution in [1.82, 2.24) is 0 Å². The van der Waals surface area contributed by atoms with Crippen LogP contribution in [-0.2, 0) is 4.74 Å². The second-order valence-corrected chi connectivity index (χ2v) is 4.35.